The highest BCUT2D eigenvalue weighted by Gasteiger charge is 2.24. The molecule has 1 aromatic rings. The molecule has 4 amide bonds. The van der Waals surface area contributed by atoms with E-state index in [-0.39, 0.29) is 31.7 Å². The zero-order valence-corrected chi connectivity index (χ0v) is 21.3. The number of amides is 4. The Labute approximate surface area is 216 Å². The molecule has 0 spiro atoms. The van der Waals surface area contributed by atoms with Crippen LogP contribution in [-0.4, -0.2) is 53.0 Å². The van der Waals surface area contributed by atoms with Crippen LogP contribution in [0.1, 0.15) is 45.6 Å². The summed E-state index contributed by atoms with van der Waals surface area (Å²) in [6, 6.07) is 8.12. The highest BCUT2D eigenvalue weighted by Crippen LogP contribution is 2.15. The van der Waals surface area contributed by atoms with Crippen LogP contribution >= 0.6 is 0 Å². The van der Waals surface area contributed by atoms with Crippen molar-refractivity contribution < 1.29 is 33.5 Å². The Morgan fingerprint density at radius 2 is 1.70 bits per heavy atom. The lowest BCUT2D eigenvalue weighted by molar-refractivity contribution is -0.144. The van der Waals surface area contributed by atoms with E-state index < -0.39 is 48.1 Å². The van der Waals surface area contributed by atoms with Gasteiger partial charge in [0.05, 0.1) is 6.42 Å². The Hall–Kier alpha value is -4.28. The van der Waals surface area contributed by atoms with Gasteiger partial charge in [0, 0.05) is 18.4 Å². The van der Waals surface area contributed by atoms with E-state index in [1.807, 2.05) is 30.3 Å². The van der Waals surface area contributed by atoms with Crippen LogP contribution in [0.15, 0.2) is 54.6 Å². The number of esters is 1. The van der Waals surface area contributed by atoms with Gasteiger partial charge in [0.1, 0.15) is 19.2 Å². The molecule has 0 aliphatic carbocycles. The highest BCUT2D eigenvalue weighted by molar-refractivity contribution is 5.99. The molecule has 1 rings (SSSR count). The molecular weight excluding hydrogens is 480 g/mol. The summed E-state index contributed by atoms with van der Waals surface area (Å²) >= 11 is 0. The minimum Gasteiger partial charge on any atom is -0.461 e. The van der Waals surface area contributed by atoms with Crippen molar-refractivity contribution in [2.45, 2.75) is 52.7 Å². The topological polar surface area (TPSA) is 165 Å². The summed E-state index contributed by atoms with van der Waals surface area (Å²) in [6.45, 7) is 7.94. The standard InChI is InChI=1S/C26H34N4O7/c1-5-21(31)11-12-23(33)30(15-22(27)32)29-26(36)19(4)28-25(35)18(3)13-17(2)14-24(34)37-16-20-9-7-6-8-10-20/h6-12,18-19H,2,5,13-16H2,1,3-4H3,(H2,27,32)(H,28,35)(H,29,36)/b12-11+/t18-,19+/m1/s1. The monoisotopic (exact) mass is 514 g/mol. The van der Waals surface area contributed by atoms with E-state index in [1.54, 1.807) is 13.8 Å². The number of allylic oxidation sites excluding steroid dienone is 1. The first kappa shape index (κ1) is 30.8. The average molecular weight is 515 g/mol. The third-order valence-corrected chi connectivity index (χ3v) is 5.02. The van der Waals surface area contributed by atoms with Gasteiger partial charge in [-0.3, -0.25) is 34.2 Å². The second-order valence-corrected chi connectivity index (χ2v) is 8.43. The maximum Gasteiger partial charge on any atom is 0.310 e. The first-order chi connectivity index (χ1) is 17.4. The summed E-state index contributed by atoms with van der Waals surface area (Å²) in [7, 11) is 0. The molecule has 1 aromatic carbocycles. The molecule has 0 heterocycles. The number of primary amides is 1. The maximum atomic E-state index is 12.5. The summed E-state index contributed by atoms with van der Waals surface area (Å²) in [5.74, 6) is -4.40. The van der Waals surface area contributed by atoms with Crippen molar-refractivity contribution >= 4 is 35.4 Å². The van der Waals surface area contributed by atoms with E-state index in [2.05, 4.69) is 17.3 Å². The molecule has 0 aromatic heterocycles. The number of carbonyl (C=O) groups is 6. The molecule has 0 bridgehead atoms. The number of carbonyl (C=O) groups excluding carboxylic acids is 6. The van der Waals surface area contributed by atoms with E-state index >= 15 is 0 Å². The molecule has 0 saturated heterocycles. The summed E-state index contributed by atoms with van der Waals surface area (Å²) in [5.41, 5.74) is 8.69. The van der Waals surface area contributed by atoms with Gasteiger partial charge in [-0.05, 0) is 25.0 Å². The van der Waals surface area contributed by atoms with Crippen molar-refractivity contribution in [2.24, 2.45) is 11.7 Å². The van der Waals surface area contributed by atoms with Crippen LogP contribution in [0.25, 0.3) is 0 Å². The number of nitrogens with two attached hydrogens (primary N) is 1. The van der Waals surface area contributed by atoms with Crippen molar-refractivity contribution in [1.29, 1.82) is 0 Å². The SMILES string of the molecule is C=C(CC(=O)OCc1ccccc1)C[C@@H](C)C(=O)N[C@@H](C)C(=O)NN(CC(N)=O)C(=O)/C=C/C(=O)CC. The van der Waals surface area contributed by atoms with Crippen LogP contribution in [0.2, 0.25) is 0 Å². The molecule has 0 aliphatic rings. The zero-order chi connectivity index (χ0) is 28.0. The smallest absolute Gasteiger partial charge is 0.310 e. The van der Waals surface area contributed by atoms with Gasteiger partial charge in [0.15, 0.2) is 5.78 Å². The molecule has 0 radical (unpaired) electrons. The first-order valence-electron chi connectivity index (χ1n) is 11.7. The van der Waals surface area contributed by atoms with E-state index in [0.29, 0.717) is 10.6 Å². The molecule has 200 valence electrons. The van der Waals surface area contributed by atoms with Crippen molar-refractivity contribution in [3.63, 3.8) is 0 Å². The number of hydrogen-bond acceptors (Lipinski definition) is 7. The maximum absolute atomic E-state index is 12.5. The largest absolute Gasteiger partial charge is 0.461 e. The van der Waals surface area contributed by atoms with Crippen LogP contribution in [0.5, 0.6) is 0 Å². The quantitative estimate of drug-likeness (QED) is 0.145. The Kier molecular flexibility index (Phi) is 13.0. The zero-order valence-electron chi connectivity index (χ0n) is 21.3. The van der Waals surface area contributed by atoms with Gasteiger partial charge in [-0.25, -0.2) is 5.01 Å². The molecule has 0 saturated carbocycles. The van der Waals surface area contributed by atoms with Crippen molar-refractivity contribution in [1.82, 2.24) is 15.8 Å². The summed E-state index contributed by atoms with van der Waals surface area (Å²) in [4.78, 5) is 72.0. The Morgan fingerprint density at radius 3 is 2.30 bits per heavy atom. The fourth-order valence-corrected chi connectivity index (χ4v) is 2.94. The summed E-state index contributed by atoms with van der Waals surface area (Å²) < 4.78 is 5.22. The van der Waals surface area contributed by atoms with E-state index in [4.69, 9.17) is 10.5 Å². The number of ketones is 1. The molecule has 11 heteroatoms. The molecule has 4 N–H and O–H groups in total. The summed E-state index contributed by atoms with van der Waals surface area (Å²) in [5, 5.41) is 3.16. The number of ether oxygens (including phenoxy) is 1. The summed E-state index contributed by atoms with van der Waals surface area (Å²) in [6.07, 6.45) is 2.24. The van der Waals surface area contributed by atoms with Crippen LogP contribution < -0.4 is 16.5 Å². The molecular formula is C26H34N4O7. The molecule has 11 nitrogen and oxygen atoms in total. The van der Waals surface area contributed by atoms with E-state index in [0.717, 1.165) is 17.7 Å². The van der Waals surface area contributed by atoms with Gasteiger partial charge < -0.3 is 15.8 Å². The van der Waals surface area contributed by atoms with Crippen LogP contribution in [-0.2, 0) is 40.1 Å². The van der Waals surface area contributed by atoms with Crippen molar-refractivity contribution in [3.8, 4) is 0 Å². The van der Waals surface area contributed by atoms with Crippen molar-refractivity contribution in [2.75, 3.05) is 6.54 Å². The van der Waals surface area contributed by atoms with Gasteiger partial charge in [-0.1, -0.05) is 56.3 Å². The lowest BCUT2D eigenvalue weighted by Crippen LogP contribution is -2.55. The normalized spacial score (nSPS) is 12.2. The molecule has 37 heavy (non-hydrogen) atoms. The molecule has 0 aliphatic heterocycles. The fourth-order valence-electron chi connectivity index (χ4n) is 2.94. The number of hydrazine groups is 1. The van der Waals surface area contributed by atoms with Gasteiger partial charge in [0.25, 0.3) is 11.8 Å². The number of hydrogen-bond donors (Lipinski definition) is 3. The van der Waals surface area contributed by atoms with Gasteiger partial charge in [-0.15, -0.1) is 0 Å². The lowest BCUT2D eigenvalue weighted by atomic mass is 9.99. The minimum absolute atomic E-state index is 0.0568. The number of nitrogens with zero attached hydrogens (tertiary/aromatic N) is 1. The van der Waals surface area contributed by atoms with Crippen LogP contribution in [0.3, 0.4) is 0 Å². The molecule has 0 fully saturated rings. The number of benzene rings is 1. The van der Waals surface area contributed by atoms with Gasteiger partial charge in [0.2, 0.25) is 11.8 Å². The average Bonchev–Trinajstić information content (AvgIpc) is 2.85. The fraction of sp³-hybridized carbons (Fsp3) is 0.385. The first-order valence-corrected chi connectivity index (χ1v) is 11.7. The Bertz CT molecular complexity index is 1040. The number of nitrogens with one attached hydrogen (secondary N) is 2. The van der Waals surface area contributed by atoms with Crippen LogP contribution in [0.4, 0.5) is 0 Å². The Morgan fingerprint density at radius 1 is 1.05 bits per heavy atom. The van der Waals surface area contributed by atoms with Gasteiger partial charge in [-0.2, -0.15) is 0 Å². The van der Waals surface area contributed by atoms with Crippen molar-refractivity contribution in [3.05, 3.63) is 60.2 Å². The third-order valence-electron chi connectivity index (χ3n) is 5.02. The predicted molar refractivity (Wildman–Crippen MR) is 135 cm³/mol. The Balaban J connectivity index is 2.57. The molecule has 0 unspecified atom stereocenters. The number of rotatable bonds is 14. The van der Waals surface area contributed by atoms with E-state index in [9.17, 15) is 28.8 Å². The second kappa shape index (κ2) is 15.7. The minimum atomic E-state index is -1.08. The molecule has 2 atom stereocenters. The lowest BCUT2D eigenvalue weighted by Gasteiger charge is -2.24. The van der Waals surface area contributed by atoms with Crippen LogP contribution in [0, 0.1) is 5.92 Å². The predicted octanol–water partition coefficient (Wildman–Crippen LogP) is 1.09. The van der Waals surface area contributed by atoms with Gasteiger partial charge >= 0.3 is 5.97 Å². The third kappa shape index (κ3) is 12.3. The second-order valence-electron chi connectivity index (χ2n) is 8.43. The van der Waals surface area contributed by atoms with E-state index in [1.165, 1.54) is 6.92 Å². The highest BCUT2D eigenvalue weighted by atomic mass is 16.5.